The normalized spacial score (nSPS) is 16.0. The van der Waals surface area contributed by atoms with E-state index in [9.17, 15) is 14.6 Å². The van der Waals surface area contributed by atoms with Gasteiger partial charge in [-0.05, 0) is 57.8 Å². The predicted octanol–water partition coefficient (Wildman–Crippen LogP) is 8.30. The fraction of sp³-hybridized carbons (Fsp3) is 0.758. The number of phosphoric acid groups is 1. The summed E-state index contributed by atoms with van der Waals surface area (Å²) in [5.74, 6) is 0. The average Bonchev–Trinajstić information content (AvgIpc) is 2.91. The Balaban J connectivity index is 4.41. The highest BCUT2D eigenvalue weighted by atomic mass is 31.2. The average molecular weight is 601 g/mol. The first kappa shape index (κ1) is 40.0. The second kappa shape index (κ2) is 26.6. The number of rotatable bonds is 28. The van der Waals surface area contributed by atoms with Gasteiger partial charge in [-0.1, -0.05) is 94.6 Å². The molecular formula is C33H63NO6P+. The molecule has 0 bridgehead atoms. The van der Waals surface area contributed by atoms with E-state index in [1.54, 1.807) is 0 Å². The van der Waals surface area contributed by atoms with Crippen molar-refractivity contribution in [1.82, 2.24) is 0 Å². The monoisotopic (exact) mass is 600 g/mol. The van der Waals surface area contributed by atoms with Crippen LogP contribution in [-0.2, 0) is 18.3 Å². The van der Waals surface area contributed by atoms with Crippen LogP contribution in [-0.4, -0.2) is 74.2 Å². The highest BCUT2D eigenvalue weighted by Gasteiger charge is 2.32. The zero-order chi connectivity index (χ0) is 30.7. The maximum Gasteiger partial charge on any atom is 0.472 e. The number of unbranched alkanes of at least 4 members (excludes halogenated alkanes) is 7. The van der Waals surface area contributed by atoms with Crippen molar-refractivity contribution < 1.29 is 32.8 Å². The number of phosphoric ester groups is 1. The summed E-state index contributed by atoms with van der Waals surface area (Å²) in [6.45, 7) is 5.14. The third-order valence-corrected chi connectivity index (χ3v) is 7.57. The number of allylic oxidation sites excluding steroid dienone is 8. The Bertz CT molecular complexity index is 759. The molecule has 0 aromatic rings. The molecule has 0 spiro atoms. The number of aliphatic hydroxyl groups excluding tert-OH is 1. The van der Waals surface area contributed by atoms with Crippen LogP contribution in [0, 0.1) is 0 Å². The van der Waals surface area contributed by atoms with Crippen molar-refractivity contribution in [2.75, 3.05) is 47.5 Å². The zero-order valence-electron chi connectivity index (χ0n) is 26.9. The summed E-state index contributed by atoms with van der Waals surface area (Å²) in [5, 5.41) is 9.95. The summed E-state index contributed by atoms with van der Waals surface area (Å²) < 4.78 is 29.7. The lowest BCUT2D eigenvalue weighted by atomic mass is 10.1. The molecule has 3 atom stereocenters. The molecule has 0 aliphatic heterocycles. The maximum absolute atomic E-state index is 12.5. The van der Waals surface area contributed by atoms with Gasteiger partial charge in [0.25, 0.3) is 0 Å². The Labute approximate surface area is 252 Å². The lowest BCUT2D eigenvalue weighted by Gasteiger charge is -2.28. The smallest absolute Gasteiger partial charge is 0.394 e. The van der Waals surface area contributed by atoms with Gasteiger partial charge < -0.3 is 19.2 Å². The van der Waals surface area contributed by atoms with Crippen LogP contribution in [0.2, 0.25) is 0 Å². The van der Waals surface area contributed by atoms with E-state index in [2.05, 4.69) is 62.5 Å². The topological polar surface area (TPSA) is 85.2 Å². The number of nitrogens with zero attached hydrogens (tertiary/aromatic N) is 1. The van der Waals surface area contributed by atoms with E-state index in [4.69, 9.17) is 13.8 Å². The standard InChI is InChI=1S/C33H62NO6P/c1-6-8-10-11-12-13-14-15-16-17-18-19-20-21-22-23-24-25-27-32(38-29-26-9-7-2)33(31-35)40-41(36,37)39-30-28-34(3,4)5/h12-13,15-16,18-19,21-22,32-33,35H,6-11,14,17,20,23-31H2,1-5H3/p+1/b13-12-,16-15-,19-18-,22-21-/t32?,33-/m0/s1. The van der Waals surface area contributed by atoms with Gasteiger partial charge in [-0.2, -0.15) is 0 Å². The minimum Gasteiger partial charge on any atom is -0.394 e. The van der Waals surface area contributed by atoms with E-state index in [1.807, 2.05) is 21.1 Å². The summed E-state index contributed by atoms with van der Waals surface area (Å²) in [7, 11) is 1.63. The molecule has 0 aromatic carbocycles. The van der Waals surface area contributed by atoms with Crippen LogP contribution in [0.1, 0.15) is 104 Å². The van der Waals surface area contributed by atoms with Crippen molar-refractivity contribution in [3.63, 3.8) is 0 Å². The predicted molar refractivity (Wildman–Crippen MR) is 173 cm³/mol. The fourth-order valence-electron chi connectivity index (χ4n) is 3.98. The number of quaternary nitrogens is 1. The molecule has 0 fully saturated rings. The molecular weight excluding hydrogens is 537 g/mol. The van der Waals surface area contributed by atoms with Crippen LogP contribution < -0.4 is 0 Å². The molecule has 0 aliphatic rings. The fourth-order valence-corrected chi connectivity index (χ4v) is 4.90. The van der Waals surface area contributed by atoms with Gasteiger partial charge in [0, 0.05) is 6.61 Å². The van der Waals surface area contributed by atoms with E-state index in [-0.39, 0.29) is 6.61 Å². The van der Waals surface area contributed by atoms with Gasteiger partial charge in [-0.15, -0.1) is 0 Å². The van der Waals surface area contributed by atoms with Crippen molar-refractivity contribution >= 4 is 7.82 Å². The summed E-state index contributed by atoms with van der Waals surface area (Å²) in [6.07, 6.45) is 30.9. The molecule has 8 heteroatoms. The summed E-state index contributed by atoms with van der Waals surface area (Å²) in [6, 6.07) is 0. The summed E-state index contributed by atoms with van der Waals surface area (Å²) in [4.78, 5) is 10.2. The van der Waals surface area contributed by atoms with Crippen LogP contribution in [0.25, 0.3) is 0 Å². The molecule has 240 valence electrons. The van der Waals surface area contributed by atoms with Crippen molar-refractivity contribution in [2.45, 2.75) is 116 Å². The van der Waals surface area contributed by atoms with Crippen LogP contribution >= 0.6 is 7.82 Å². The van der Waals surface area contributed by atoms with Crippen LogP contribution in [0.4, 0.5) is 0 Å². The molecule has 0 saturated carbocycles. The van der Waals surface area contributed by atoms with Gasteiger partial charge in [0.1, 0.15) is 19.3 Å². The van der Waals surface area contributed by atoms with Crippen LogP contribution in [0.15, 0.2) is 48.6 Å². The molecule has 0 radical (unpaired) electrons. The van der Waals surface area contributed by atoms with Crippen molar-refractivity contribution in [3.05, 3.63) is 48.6 Å². The Hall–Kier alpha value is -1.05. The van der Waals surface area contributed by atoms with Crippen molar-refractivity contribution in [1.29, 1.82) is 0 Å². The van der Waals surface area contributed by atoms with Crippen molar-refractivity contribution in [2.24, 2.45) is 0 Å². The van der Waals surface area contributed by atoms with E-state index in [0.717, 1.165) is 57.8 Å². The van der Waals surface area contributed by atoms with Gasteiger partial charge in [-0.3, -0.25) is 9.05 Å². The van der Waals surface area contributed by atoms with E-state index < -0.39 is 26.6 Å². The molecule has 0 aliphatic carbocycles. The molecule has 0 heterocycles. The first-order valence-electron chi connectivity index (χ1n) is 15.9. The Morgan fingerprint density at radius 2 is 1.22 bits per heavy atom. The third kappa shape index (κ3) is 27.5. The largest absolute Gasteiger partial charge is 0.472 e. The Morgan fingerprint density at radius 1 is 0.707 bits per heavy atom. The lowest BCUT2D eigenvalue weighted by molar-refractivity contribution is -0.870. The molecule has 0 aromatic heterocycles. The molecule has 0 rings (SSSR count). The second-order valence-electron chi connectivity index (χ2n) is 11.6. The third-order valence-electron chi connectivity index (χ3n) is 6.53. The number of hydrogen-bond donors (Lipinski definition) is 2. The molecule has 2 N–H and O–H groups in total. The number of hydrogen-bond acceptors (Lipinski definition) is 5. The highest BCUT2D eigenvalue weighted by molar-refractivity contribution is 7.47. The molecule has 41 heavy (non-hydrogen) atoms. The zero-order valence-corrected chi connectivity index (χ0v) is 27.8. The molecule has 7 nitrogen and oxygen atoms in total. The lowest BCUT2D eigenvalue weighted by Crippen LogP contribution is -2.38. The summed E-state index contributed by atoms with van der Waals surface area (Å²) >= 11 is 0. The molecule has 0 saturated heterocycles. The van der Waals surface area contributed by atoms with Gasteiger partial charge in [0.15, 0.2) is 0 Å². The quantitative estimate of drug-likeness (QED) is 0.0407. The minimum atomic E-state index is -4.30. The van der Waals surface area contributed by atoms with Crippen molar-refractivity contribution in [3.8, 4) is 0 Å². The number of aliphatic hydroxyl groups is 1. The number of likely N-dealkylation sites (N-methyl/N-ethyl adjacent to an activating group) is 1. The van der Waals surface area contributed by atoms with Gasteiger partial charge in [0.2, 0.25) is 0 Å². The van der Waals surface area contributed by atoms with Gasteiger partial charge in [0.05, 0.1) is 33.9 Å². The first-order chi connectivity index (χ1) is 19.6. The number of ether oxygens (including phenoxy) is 1. The maximum atomic E-state index is 12.5. The Kier molecular flexibility index (Phi) is 25.9. The molecule has 2 unspecified atom stereocenters. The first-order valence-corrected chi connectivity index (χ1v) is 17.4. The van der Waals surface area contributed by atoms with E-state index >= 15 is 0 Å². The van der Waals surface area contributed by atoms with E-state index in [1.165, 1.54) is 25.7 Å². The second-order valence-corrected chi connectivity index (χ2v) is 13.0. The Morgan fingerprint density at radius 3 is 1.73 bits per heavy atom. The summed E-state index contributed by atoms with van der Waals surface area (Å²) in [5.41, 5.74) is 0. The molecule has 0 amide bonds. The van der Waals surface area contributed by atoms with Gasteiger partial charge in [-0.25, -0.2) is 4.57 Å². The van der Waals surface area contributed by atoms with Gasteiger partial charge >= 0.3 is 7.82 Å². The minimum absolute atomic E-state index is 0.0898. The van der Waals surface area contributed by atoms with Crippen LogP contribution in [0.3, 0.4) is 0 Å². The highest BCUT2D eigenvalue weighted by Crippen LogP contribution is 2.45. The van der Waals surface area contributed by atoms with E-state index in [0.29, 0.717) is 24.1 Å². The SMILES string of the molecule is CCCCC/C=C\C/C=C\C/C=C\C/C=C\CCCCC(OCCCCC)[C@H](CO)OP(=O)(O)OCC[N+](C)(C)C. The van der Waals surface area contributed by atoms with Crippen LogP contribution in [0.5, 0.6) is 0 Å².